The normalized spacial score (nSPS) is 12.9. The second-order valence-corrected chi connectivity index (χ2v) is 9.47. The van der Waals surface area contributed by atoms with Gasteiger partial charge in [-0.25, -0.2) is 14.2 Å². The van der Waals surface area contributed by atoms with Crippen LogP contribution in [-0.2, 0) is 10.3 Å². The van der Waals surface area contributed by atoms with Crippen molar-refractivity contribution in [1.82, 2.24) is 4.98 Å². The Bertz CT molecular complexity index is 1410. The van der Waals surface area contributed by atoms with Crippen LogP contribution in [0, 0.1) is 5.82 Å². The highest BCUT2D eigenvalue weighted by molar-refractivity contribution is 8.01. The molecule has 4 rings (SSSR count). The molecule has 0 fully saturated rings. The van der Waals surface area contributed by atoms with Gasteiger partial charge in [-0.3, -0.25) is 0 Å². The summed E-state index contributed by atoms with van der Waals surface area (Å²) in [5.41, 5.74) is -4.09. The Hall–Kier alpha value is -2.90. The highest BCUT2D eigenvalue weighted by Crippen LogP contribution is 2.54. The minimum atomic E-state index is -5.78. The zero-order valence-electron chi connectivity index (χ0n) is 17.3. The van der Waals surface area contributed by atoms with E-state index in [0.29, 0.717) is 34.7 Å². The van der Waals surface area contributed by atoms with Crippen molar-refractivity contribution in [3.63, 3.8) is 0 Å². The first-order valence-corrected chi connectivity index (χ1v) is 11.2. The van der Waals surface area contributed by atoms with Crippen LogP contribution in [0.5, 0.6) is 0 Å². The number of aromatic nitrogens is 1. The Balaban J connectivity index is 1.71. The van der Waals surface area contributed by atoms with Crippen molar-refractivity contribution in [3.05, 3.63) is 75.8 Å². The number of halogens is 7. The highest BCUT2D eigenvalue weighted by atomic mass is 32.2. The van der Waals surface area contributed by atoms with Crippen LogP contribution in [0.4, 0.5) is 30.7 Å². The summed E-state index contributed by atoms with van der Waals surface area (Å²) in [6, 6.07) is 11.2. The van der Waals surface area contributed by atoms with Gasteiger partial charge in [-0.05, 0) is 41.5 Å². The van der Waals surface area contributed by atoms with Crippen LogP contribution >= 0.6 is 23.1 Å². The van der Waals surface area contributed by atoms with E-state index in [1.165, 1.54) is 42.5 Å². The largest absolute Gasteiger partial charge is 0.431 e. The third-order valence-corrected chi connectivity index (χ3v) is 7.17. The minimum Gasteiger partial charge on any atom is -0.423 e. The summed E-state index contributed by atoms with van der Waals surface area (Å²) in [5, 5.41) is 0.493. The van der Waals surface area contributed by atoms with Crippen molar-refractivity contribution in [2.45, 2.75) is 27.2 Å². The van der Waals surface area contributed by atoms with E-state index in [0.717, 1.165) is 11.8 Å². The molecule has 184 valence electrons. The second kappa shape index (κ2) is 8.95. The number of nitrogens with zero attached hydrogens (tertiary/aromatic N) is 1. The Morgan fingerprint density at radius 1 is 0.971 bits per heavy atom. The van der Waals surface area contributed by atoms with Gasteiger partial charge in [0.25, 0.3) is 5.60 Å². The summed E-state index contributed by atoms with van der Waals surface area (Å²) in [6.45, 7) is 0. The predicted octanol–water partition coefficient (Wildman–Crippen LogP) is 7.17. The van der Waals surface area contributed by atoms with E-state index in [-0.39, 0.29) is 21.3 Å². The minimum absolute atomic E-state index is 0.119. The van der Waals surface area contributed by atoms with Crippen molar-refractivity contribution < 1.29 is 39.9 Å². The van der Waals surface area contributed by atoms with Crippen LogP contribution in [-0.4, -0.2) is 24.4 Å². The van der Waals surface area contributed by atoms with Gasteiger partial charge in [0.15, 0.2) is 4.34 Å². The van der Waals surface area contributed by atoms with Gasteiger partial charge in [0.05, 0.1) is 4.88 Å². The molecular formula is C22H12F7NO3S2. The maximum absolute atomic E-state index is 13.5. The molecule has 4 nitrogen and oxygen atoms in total. The zero-order valence-corrected chi connectivity index (χ0v) is 19.0. The molecule has 0 atom stereocenters. The standard InChI is InChI=1S/C22H12F7NO3S2/c1-32-20(21(24,25)26,22(27,28)29)17-10-30-19(35-17)34-13-6-7-14-15(9-18(31)33-16(14)8-13)11-2-4-12(23)5-3-11/h2-10H,1H3. The smallest absolute Gasteiger partial charge is 0.423 e. The number of benzene rings is 2. The molecular weight excluding hydrogens is 523 g/mol. The summed E-state index contributed by atoms with van der Waals surface area (Å²) < 4.78 is 103. The van der Waals surface area contributed by atoms with E-state index in [9.17, 15) is 35.5 Å². The van der Waals surface area contributed by atoms with Crippen molar-refractivity contribution >= 4 is 34.1 Å². The number of rotatable bonds is 5. The number of ether oxygens (including phenoxy) is 1. The maximum Gasteiger partial charge on any atom is 0.431 e. The first-order chi connectivity index (χ1) is 16.4. The summed E-state index contributed by atoms with van der Waals surface area (Å²) in [5.74, 6) is -0.462. The summed E-state index contributed by atoms with van der Waals surface area (Å²) in [7, 11) is 0.331. The van der Waals surface area contributed by atoms with Crippen LogP contribution in [0.25, 0.3) is 22.1 Å². The first-order valence-electron chi connectivity index (χ1n) is 9.52. The zero-order chi connectivity index (χ0) is 25.6. The molecule has 0 saturated carbocycles. The first kappa shape index (κ1) is 25.2. The van der Waals surface area contributed by atoms with Gasteiger partial charge >= 0.3 is 18.0 Å². The molecule has 0 N–H and O–H groups in total. The SMILES string of the molecule is COC(c1cnc(Sc2ccc3c(-c4ccc(F)cc4)cc(=O)oc3c2)s1)(C(F)(F)F)C(F)(F)F. The topological polar surface area (TPSA) is 52.3 Å². The molecule has 2 heterocycles. The van der Waals surface area contributed by atoms with Crippen molar-refractivity contribution in [2.24, 2.45) is 0 Å². The number of fused-ring (bicyclic) bond motifs is 1. The number of alkyl halides is 6. The lowest BCUT2D eigenvalue weighted by atomic mass is 10.0. The molecule has 4 aromatic rings. The Kier molecular flexibility index (Phi) is 6.45. The molecule has 2 aromatic heterocycles. The molecule has 0 amide bonds. The Labute approximate surface area is 200 Å². The van der Waals surface area contributed by atoms with E-state index in [1.807, 2.05) is 0 Å². The Morgan fingerprint density at radius 2 is 1.63 bits per heavy atom. The fraction of sp³-hybridized carbons (Fsp3) is 0.182. The van der Waals surface area contributed by atoms with Gasteiger partial charge in [0, 0.05) is 29.7 Å². The van der Waals surface area contributed by atoms with Crippen LogP contribution < -0.4 is 5.63 Å². The molecule has 13 heteroatoms. The lowest BCUT2D eigenvalue weighted by Crippen LogP contribution is -2.54. The molecule has 2 aromatic carbocycles. The van der Waals surface area contributed by atoms with Gasteiger partial charge in [-0.2, -0.15) is 26.3 Å². The van der Waals surface area contributed by atoms with E-state index >= 15 is 0 Å². The molecule has 0 aliphatic rings. The highest BCUT2D eigenvalue weighted by Gasteiger charge is 2.74. The number of hydrogen-bond acceptors (Lipinski definition) is 6. The third-order valence-electron chi connectivity index (χ3n) is 5.01. The molecule has 0 aliphatic heterocycles. The number of methoxy groups -OCH3 is 1. The fourth-order valence-electron chi connectivity index (χ4n) is 3.42. The maximum atomic E-state index is 13.5. The lowest BCUT2D eigenvalue weighted by molar-refractivity contribution is -0.382. The van der Waals surface area contributed by atoms with Gasteiger partial charge in [-0.15, -0.1) is 11.3 Å². The van der Waals surface area contributed by atoms with Crippen molar-refractivity contribution in [2.75, 3.05) is 7.11 Å². The third kappa shape index (κ3) is 4.55. The van der Waals surface area contributed by atoms with Crippen LogP contribution in [0.2, 0.25) is 0 Å². The molecule has 0 aliphatic carbocycles. The summed E-state index contributed by atoms with van der Waals surface area (Å²) in [4.78, 5) is 14.9. The summed E-state index contributed by atoms with van der Waals surface area (Å²) >= 11 is 0.968. The van der Waals surface area contributed by atoms with Crippen molar-refractivity contribution in [3.8, 4) is 11.1 Å². The fourth-order valence-corrected chi connectivity index (χ4v) is 5.61. The second-order valence-electron chi connectivity index (χ2n) is 7.12. The van der Waals surface area contributed by atoms with E-state index in [2.05, 4.69) is 9.72 Å². The van der Waals surface area contributed by atoms with E-state index < -0.39 is 34.3 Å². The molecule has 0 spiro atoms. The average molecular weight is 535 g/mol. The van der Waals surface area contributed by atoms with E-state index in [1.54, 1.807) is 6.07 Å². The summed E-state index contributed by atoms with van der Waals surface area (Å²) in [6.07, 6.45) is -11.1. The van der Waals surface area contributed by atoms with Gasteiger partial charge < -0.3 is 9.15 Å². The van der Waals surface area contributed by atoms with Gasteiger partial charge in [-0.1, -0.05) is 23.9 Å². The number of thiazole rings is 1. The Morgan fingerprint density at radius 3 is 2.23 bits per heavy atom. The monoisotopic (exact) mass is 535 g/mol. The quantitative estimate of drug-likeness (QED) is 0.200. The van der Waals surface area contributed by atoms with Gasteiger partial charge in [0.2, 0.25) is 0 Å². The van der Waals surface area contributed by atoms with Crippen LogP contribution in [0.15, 0.2) is 73.2 Å². The molecule has 0 bridgehead atoms. The molecule has 35 heavy (non-hydrogen) atoms. The van der Waals surface area contributed by atoms with Crippen molar-refractivity contribution in [1.29, 1.82) is 0 Å². The van der Waals surface area contributed by atoms with Crippen LogP contribution in [0.3, 0.4) is 0 Å². The predicted molar refractivity (Wildman–Crippen MR) is 115 cm³/mol. The lowest BCUT2D eigenvalue weighted by Gasteiger charge is -2.34. The molecule has 0 saturated heterocycles. The van der Waals surface area contributed by atoms with E-state index in [4.69, 9.17) is 4.42 Å². The number of hydrogen-bond donors (Lipinski definition) is 0. The van der Waals surface area contributed by atoms with Gasteiger partial charge in [0.1, 0.15) is 11.4 Å². The van der Waals surface area contributed by atoms with Crippen LogP contribution in [0.1, 0.15) is 4.88 Å². The molecule has 0 radical (unpaired) electrons. The molecule has 0 unspecified atom stereocenters. The average Bonchev–Trinajstić information content (AvgIpc) is 3.20.